The van der Waals surface area contributed by atoms with Crippen LogP contribution in [0.3, 0.4) is 0 Å². The summed E-state index contributed by atoms with van der Waals surface area (Å²) in [6, 6.07) is 4.26. The van der Waals surface area contributed by atoms with Crippen LogP contribution in [0.2, 0.25) is 0 Å². The van der Waals surface area contributed by atoms with E-state index in [1.807, 2.05) is 19.9 Å². The quantitative estimate of drug-likeness (QED) is 0.719. The molecule has 1 saturated carbocycles. The molecule has 0 saturated heterocycles. The van der Waals surface area contributed by atoms with E-state index >= 15 is 0 Å². The van der Waals surface area contributed by atoms with Crippen LogP contribution in [0.5, 0.6) is 11.5 Å². The summed E-state index contributed by atoms with van der Waals surface area (Å²) < 4.78 is 22.7. The van der Waals surface area contributed by atoms with Gasteiger partial charge in [0.15, 0.2) is 17.3 Å². The van der Waals surface area contributed by atoms with Gasteiger partial charge in [-0.25, -0.2) is 0 Å². The minimum absolute atomic E-state index is 0.0280. The van der Waals surface area contributed by atoms with Gasteiger partial charge in [-0.2, -0.15) is 0 Å². The van der Waals surface area contributed by atoms with Gasteiger partial charge in [-0.1, -0.05) is 19.9 Å². The molecule has 2 aliphatic carbocycles. The molecule has 0 spiro atoms. The van der Waals surface area contributed by atoms with Crippen molar-refractivity contribution in [1.82, 2.24) is 4.90 Å². The smallest absolute Gasteiger partial charge is 0.231 e. The van der Waals surface area contributed by atoms with Crippen molar-refractivity contribution < 1.29 is 24.1 Å². The number of likely N-dealkylation sites (N-methyl/N-ethyl adjacent to an activating group) is 1. The number of aliphatic hydroxyl groups excluding tert-OH is 1. The highest BCUT2D eigenvalue weighted by Gasteiger charge is 2.48. The average Bonchev–Trinajstić information content (AvgIpc) is 3.36. The first-order chi connectivity index (χ1) is 14.2. The van der Waals surface area contributed by atoms with Crippen LogP contribution in [0.1, 0.15) is 50.2 Å². The second-order valence-corrected chi connectivity index (χ2v) is 8.13. The number of rotatable bonds is 0. The summed E-state index contributed by atoms with van der Waals surface area (Å²) in [6.07, 6.45) is 4.46. The third kappa shape index (κ3) is 2.84. The lowest BCUT2D eigenvalue weighted by Crippen LogP contribution is -2.51. The molecule has 1 N–H and O–H groups in total. The normalized spacial score (nSPS) is 31.7. The Bertz CT molecular complexity index is 876. The van der Waals surface area contributed by atoms with Crippen molar-refractivity contribution in [1.29, 1.82) is 0 Å². The molecule has 4 atom stereocenters. The van der Waals surface area contributed by atoms with E-state index in [9.17, 15) is 5.11 Å². The van der Waals surface area contributed by atoms with Gasteiger partial charge >= 0.3 is 0 Å². The second kappa shape index (κ2) is 7.26. The molecule has 3 heterocycles. The molecule has 1 aromatic rings. The molecule has 0 bridgehead atoms. The monoisotopic (exact) mass is 399 g/mol. The topological polar surface area (TPSA) is 60.4 Å². The summed E-state index contributed by atoms with van der Waals surface area (Å²) in [5.74, 6) is 3.89. The number of aliphatic hydroxyl groups is 1. The number of hydrogen-bond acceptors (Lipinski definition) is 6. The van der Waals surface area contributed by atoms with E-state index in [4.69, 9.17) is 18.9 Å². The number of fused-ring (bicyclic) bond motifs is 7. The molecule has 0 amide bonds. The van der Waals surface area contributed by atoms with Gasteiger partial charge in [0.2, 0.25) is 13.6 Å². The van der Waals surface area contributed by atoms with Gasteiger partial charge in [-0.15, -0.1) is 0 Å². The highest BCUT2D eigenvalue weighted by molar-refractivity contribution is 5.56. The summed E-state index contributed by atoms with van der Waals surface area (Å²) in [4.78, 5) is 2.34. The predicted octanol–water partition coefficient (Wildman–Crippen LogP) is 3.66. The van der Waals surface area contributed by atoms with Crippen molar-refractivity contribution in [3.8, 4) is 11.5 Å². The summed E-state index contributed by atoms with van der Waals surface area (Å²) in [7, 11) is 2.14. The summed E-state index contributed by atoms with van der Waals surface area (Å²) >= 11 is 0. The number of benzene rings is 1. The van der Waals surface area contributed by atoms with Gasteiger partial charge < -0.3 is 24.1 Å². The molecule has 5 aliphatic rings. The van der Waals surface area contributed by atoms with Crippen LogP contribution in [0, 0.1) is 5.92 Å². The molecule has 6 rings (SSSR count). The Morgan fingerprint density at radius 2 is 1.90 bits per heavy atom. The molecular weight excluding hydrogens is 370 g/mol. The van der Waals surface area contributed by atoms with E-state index < -0.39 is 0 Å². The van der Waals surface area contributed by atoms with Gasteiger partial charge in [0.05, 0.1) is 6.10 Å². The van der Waals surface area contributed by atoms with Crippen LogP contribution >= 0.6 is 0 Å². The molecule has 6 nitrogen and oxygen atoms in total. The van der Waals surface area contributed by atoms with Gasteiger partial charge in [0.1, 0.15) is 5.76 Å². The van der Waals surface area contributed by atoms with Crippen LogP contribution in [0.4, 0.5) is 0 Å². The fourth-order valence-electron chi connectivity index (χ4n) is 5.59. The first kappa shape index (κ1) is 18.8. The number of ether oxygens (including phenoxy) is 4. The molecule has 0 radical (unpaired) electrons. The predicted molar refractivity (Wildman–Crippen MR) is 107 cm³/mol. The Kier molecular flexibility index (Phi) is 4.71. The van der Waals surface area contributed by atoms with E-state index in [1.165, 1.54) is 11.1 Å². The van der Waals surface area contributed by atoms with E-state index in [2.05, 4.69) is 24.1 Å². The minimum atomic E-state index is -0.381. The molecule has 1 aromatic carbocycles. The molecule has 3 aliphatic heterocycles. The lowest BCUT2D eigenvalue weighted by molar-refractivity contribution is 0.0355. The van der Waals surface area contributed by atoms with Crippen molar-refractivity contribution in [3.63, 3.8) is 0 Å². The zero-order chi connectivity index (χ0) is 20.1. The molecule has 4 unspecified atom stereocenters. The fourth-order valence-corrected chi connectivity index (χ4v) is 5.59. The van der Waals surface area contributed by atoms with Crippen molar-refractivity contribution in [2.24, 2.45) is 5.92 Å². The SMILES string of the molecule is CC.CN1Cc2c(ccc3c2OCO3)C2C(O)CC3CCC4=C(C=C3C21)OCO4. The molecule has 0 aromatic heterocycles. The molecule has 156 valence electrons. The number of allylic oxidation sites excluding steroid dienone is 2. The van der Waals surface area contributed by atoms with Gasteiger partial charge in [-0.05, 0) is 49.1 Å². The van der Waals surface area contributed by atoms with E-state index in [0.29, 0.717) is 12.7 Å². The van der Waals surface area contributed by atoms with Crippen LogP contribution < -0.4 is 9.47 Å². The molecular formula is C23H29NO5. The maximum atomic E-state index is 11.1. The standard InChI is InChI=1S/C21H23NO5.C2H6/c1-22-8-14-12(3-5-17-21(14)27-10-25-17)19-15(23)6-11-2-4-16-18(26-9-24-16)7-13(11)20(19)22;1-2/h3,5,7,11,15,19-20,23H,2,4,6,8-10H2,1H3;1-2H3. The summed E-state index contributed by atoms with van der Waals surface area (Å²) in [5.41, 5.74) is 3.71. The van der Waals surface area contributed by atoms with Crippen LogP contribution in [0.25, 0.3) is 0 Å². The molecule has 29 heavy (non-hydrogen) atoms. The Hall–Kier alpha value is -2.18. The average molecular weight is 399 g/mol. The summed E-state index contributed by atoms with van der Waals surface area (Å²) in [6.45, 7) is 5.37. The Labute approximate surface area is 171 Å². The van der Waals surface area contributed by atoms with E-state index in [1.54, 1.807) is 0 Å². The lowest BCUT2D eigenvalue weighted by Gasteiger charge is -2.49. The van der Waals surface area contributed by atoms with Crippen LogP contribution in [-0.4, -0.2) is 42.8 Å². The fraction of sp³-hybridized carbons (Fsp3) is 0.565. The lowest BCUT2D eigenvalue weighted by atomic mass is 9.66. The van der Waals surface area contributed by atoms with Crippen molar-refractivity contribution in [3.05, 3.63) is 46.4 Å². The highest BCUT2D eigenvalue weighted by atomic mass is 16.7. The third-order valence-corrected chi connectivity index (χ3v) is 6.75. The molecule has 6 heteroatoms. The van der Waals surface area contributed by atoms with E-state index in [-0.39, 0.29) is 24.9 Å². The Morgan fingerprint density at radius 1 is 1.07 bits per heavy atom. The maximum absolute atomic E-state index is 11.1. The number of hydrogen-bond donors (Lipinski definition) is 1. The Balaban J connectivity index is 0.000000882. The van der Waals surface area contributed by atoms with Gasteiger partial charge in [-0.3, -0.25) is 4.90 Å². The van der Waals surface area contributed by atoms with Crippen molar-refractivity contribution in [2.45, 2.75) is 57.7 Å². The van der Waals surface area contributed by atoms with Crippen LogP contribution in [-0.2, 0) is 16.0 Å². The van der Waals surface area contributed by atoms with Gasteiger partial charge in [0, 0.05) is 30.5 Å². The first-order valence-corrected chi connectivity index (χ1v) is 10.7. The summed E-state index contributed by atoms with van der Waals surface area (Å²) in [5, 5.41) is 11.1. The zero-order valence-electron chi connectivity index (χ0n) is 17.3. The van der Waals surface area contributed by atoms with E-state index in [0.717, 1.165) is 54.4 Å². The first-order valence-electron chi connectivity index (χ1n) is 10.7. The molecule has 1 fully saturated rings. The zero-order valence-corrected chi connectivity index (χ0v) is 17.3. The third-order valence-electron chi connectivity index (χ3n) is 6.75. The largest absolute Gasteiger partial charge is 0.458 e. The number of nitrogens with zero attached hydrogens (tertiary/aromatic N) is 1. The minimum Gasteiger partial charge on any atom is -0.458 e. The van der Waals surface area contributed by atoms with Crippen molar-refractivity contribution >= 4 is 0 Å². The second-order valence-electron chi connectivity index (χ2n) is 8.13. The highest BCUT2D eigenvalue weighted by Crippen LogP contribution is 2.52. The maximum Gasteiger partial charge on any atom is 0.231 e. The van der Waals surface area contributed by atoms with Gasteiger partial charge in [0.25, 0.3) is 0 Å². The van der Waals surface area contributed by atoms with Crippen LogP contribution in [0.15, 0.2) is 35.3 Å². The van der Waals surface area contributed by atoms with Crippen molar-refractivity contribution in [2.75, 3.05) is 20.6 Å². The Morgan fingerprint density at radius 3 is 2.76 bits per heavy atom.